The molecule has 1 aromatic carbocycles. The van der Waals surface area contributed by atoms with Crippen LogP contribution in [0, 0.1) is 17.8 Å². The van der Waals surface area contributed by atoms with Crippen LogP contribution >= 0.6 is 11.6 Å². The molecule has 0 saturated heterocycles. The van der Waals surface area contributed by atoms with E-state index in [4.69, 9.17) is 25.8 Å². The van der Waals surface area contributed by atoms with Crippen LogP contribution in [0.3, 0.4) is 0 Å². The lowest BCUT2D eigenvalue weighted by atomic mass is 9.86. The van der Waals surface area contributed by atoms with Crippen LogP contribution in [-0.4, -0.2) is 26.0 Å². The van der Waals surface area contributed by atoms with Gasteiger partial charge in [0.2, 0.25) is 0 Å². The summed E-state index contributed by atoms with van der Waals surface area (Å²) in [4.78, 5) is 12.4. The van der Waals surface area contributed by atoms with Crippen molar-refractivity contribution >= 4 is 17.6 Å². The summed E-state index contributed by atoms with van der Waals surface area (Å²) in [7, 11) is 1.56. The monoisotopic (exact) mass is 366 g/mol. The molecule has 2 bridgehead atoms. The van der Waals surface area contributed by atoms with Crippen molar-refractivity contribution in [1.29, 1.82) is 0 Å². The fourth-order valence-electron chi connectivity index (χ4n) is 4.48. The van der Waals surface area contributed by atoms with Crippen molar-refractivity contribution in [2.24, 2.45) is 17.8 Å². The minimum absolute atomic E-state index is 0.115. The van der Waals surface area contributed by atoms with Crippen LogP contribution in [-0.2, 0) is 19.0 Å². The van der Waals surface area contributed by atoms with Gasteiger partial charge in [-0.25, -0.2) is 0 Å². The maximum Gasteiger partial charge on any atom is 0.306 e. The Balaban J connectivity index is 1.60. The summed E-state index contributed by atoms with van der Waals surface area (Å²) >= 11 is 6.30. The molecule has 3 unspecified atom stereocenters. The van der Waals surface area contributed by atoms with Gasteiger partial charge < -0.3 is 14.2 Å². The Bertz CT molecular complexity index is 591. The second-order valence-corrected chi connectivity index (χ2v) is 7.76. The molecule has 0 N–H and O–H groups in total. The van der Waals surface area contributed by atoms with E-state index in [1.165, 1.54) is 25.7 Å². The highest BCUT2D eigenvalue weighted by molar-refractivity contribution is 6.31. The highest BCUT2D eigenvalue weighted by Gasteiger charge is 2.40. The van der Waals surface area contributed by atoms with Crippen molar-refractivity contribution in [3.63, 3.8) is 0 Å². The van der Waals surface area contributed by atoms with E-state index in [9.17, 15) is 4.79 Å². The molecule has 2 fully saturated rings. The van der Waals surface area contributed by atoms with E-state index >= 15 is 0 Å². The second kappa shape index (κ2) is 8.52. The Morgan fingerprint density at radius 2 is 2.08 bits per heavy atom. The van der Waals surface area contributed by atoms with Crippen LogP contribution in [0.25, 0.3) is 0 Å². The van der Waals surface area contributed by atoms with Gasteiger partial charge in [0, 0.05) is 24.1 Å². The van der Waals surface area contributed by atoms with Gasteiger partial charge in [-0.1, -0.05) is 36.2 Å². The molecule has 4 nitrogen and oxygen atoms in total. The molecule has 0 spiro atoms. The highest BCUT2D eigenvalue weighted by atomic mass is 35.5. The first-order valence-corrected chi connectivity index (χ1v) is 9.50. The number of rotatable bonds is 8. The van der Waals surface area contributed by atoms with E-state index in [-0.39, 0.29) is 12.8 Å². The Kier molecular flexibility index (Phi) is 6.37. The lowest BCUT2D eigenvalue weighted by molar-refractivity contribution is -0.165. The fraction of sp³-hybridized carbons (Fsp3) is 0.650. The molecule has 0 aromatic heterocycles. The first-order valence-electron chi connectivity index (χ1n) is 9.13. The molecular weight excluding hydrogens is 340 g/mol. The third-order valence-electron chi connectivity index (χ3n) is 5.63. The zero-order valence-electron chi connectivity index (χ0n) is 14.9. The molecular formula is C20H27ClO4. The van der Waals surface area contributed by atoms with Gasteiger partial charge in [0.25, 0.3) is 0 Å². The molecule has 0 aliphatic heterocycles. The van der Waals surface area contributed by atoms with Crippen molar-refractivity contribution < 1.29 is 19.0 Å². The normalized spacial score (nSPS) is 27.2. The number of halogens is 1. The van der Waals surface area contributed by atoms with Crippen molar-refractivity contribution in [2.75, 3.05) is 13.9 Å². The zero-order valence-corrected chi connectivity index (χ0v) is 15.7. The minimum Gasteiger partial charge on any atom is -0.460 e. The molecule has 0 heterocycles. The van der Waals surface area contributed by atoms with Crippen LogP contribution in [0.4, 0.5) is 0 Å². The lowest BCUT2D eigenvalue weighted by Crippen LogP contribution is -2.27. The molecule has 25 heavy (non-hydrogen) atoms. The quantitative estimate of drug-likeness (QED) is 0.491. The van der Waals surface area contributed by atoms with E-state index in [0.717, 1.165) is 17.4 Å². The minimum atomic E-state index is -0.447. The SMILES string of the molecule is COCO[C@@H](c1ccccc1Cl)[C@H](C)OC(=O)CC1CC2CCC1C2. The van der Waals surface area contributed by atoms with Crippen LogP contribution in [0.15, 0.2) is 24.3 Å². The van der Waals surface area contributed by atoms with Gasteiger partial charge in [0.15, 0.2) is 0 Å². The summed E-state index contributed by atoms with van der Waals surface area (Å²) in [6, 6.07) is 7.46. The molecule has 3 rings (SSSR count). The summed E-state index contributed by atoms with van der Waals surface area (Å²) in [6.07, 6.45) is 4.74. The number of ether oxygens (including phenoxy) is 3. The van der Waals surface area contributed by atoms with Crippen molar-refractivity contribution in [2.45, 2.75) is 51.2 Å². The maximum atomic E-state index is 12.4. The Morgan fingerprint density at radius 1 is 1.28 bits per heavy atom. The summed E-state index contributed by atoms with van der Waals surface area (Å²) in [6.45, 7) is 1.96. The van der Waals surface area contributed by atoms with Crippen LogP contribution in [0.1, 0.15) is 50.7 Å². The van der Waals surface area contributed by atoms with E-state index < -0.39 is 12.2 Å². The van der Waals surface area contributed by atoms with Crippen molar-refractivity contribution in [1.82, 2.24) is 0 Å². The number of fused-ring (bicyclic) bond motifs is 2. The average Bonchev–Trinajstić information content (AvgIpc) is 3.19. The first-order chi connectivity index (χ1) is 12.1. The Labute approximate surface area is 154 Å². The van der Waals surface area contributed by atoms with E-state index in [1.807, 2.05) is 31.2 Å². The highest BCUT2D eigenvalue weighted by Crippen LogP contribution is 2.49. The van der Waals surface area contributed by atoms with Gasteiger partial charge in [-0.3, -0.25) is 4.79 Å². The smallest absolute Gasteiger partial charge is 0.306 e. The predicted octanol–water partition coefficient (Wildman–Crippen LogP) is 4.76. The molecule has 5 atom stereocenters. The van der Waals surface area contributed by atoms with Gasteiger partial charge >= 0.3 is 5.97 Å². The summed E-state index contributed by atoms with van der Waals surface area (Å²) < 4.78 is 16.5. The fourth-order valence-corrected chi connectivity index (χ4v) is 4.73. The topological polar surface area (TPSA) is 44.8 Å². The van der Waals surface area contributed by atoms with E-state index in [1.54, 1.807) is 7.11 Å². The van der Waals surface area contributed by atoms with Crippen LogP contribution < -0.4 is 0 Å². The predicted molar refractivity (Wildman–Crippen MR) is 96.3 cm³/mol. The second-order valence-electron chi connectivity index (χ2n) is 7.35. The van der Waals surface area contributed by atoms with Gasteiger partial charge in [-0.05, 0) is 50.0 Å². The van der Waals surface area contributed by atoms with E-state index in [0.29, 0.717) is 17.4 Å². The largest absolute Gasteiger partial charge is 0.460 e. The standard InChI is InChI=1S/C20H27ClO4/c1-13(20(24-12-23-2)17-5-3-4-6-18(17)21)25-19(22)11-16-10-14-7-8-15(16)9-14/h3-6,13-16,20H,7-12H2,1-2H3/t13-,14?,15?,16?,20+/m0/s1. The number of hydrogen-bond donors (Lipinski definition) is 0. The molecule has 2 aliphatic rings. The zero-order chi connectivity index (χ0) is 17.8. The number of benzene rings is 1. The van der Waals surface area contributed by atoms with Gasteiger partial charge in [-0.2, -0.15) is 0 Å². The van der Waals surface area contributed by atoms with Gasteiger partial charge in [0.1, 0.15) is 19.0 Å². The lowest BCUT2D eigenvalue weighted by Gasteiger charge is -2.27. The average molecular weight is 367 g/mol. The van der Waals surface area contributed by atoms with Crippen molar-refractivity contribution in [3.05, 3.63) is 34.9 Å². The van der Waals surface area contributed by atoms with Gasteiger partial charge in [0.05, 0.1) is 0 Å². The van der Waals surface area contributed by atoms with Crippen LogP contribution in [0.2, 0.25) is 5.02 Å². The third-order valence-corrected chi connectivity index (χ3v) is 5.98. The van der Waals surface area contributed by atoms with E-state index in [2.05, 4.69) is 0 Å². The summed E-state index contributed by atoms with van der Waals surface area (Å²) in [5, 5.41) is 0.597. The number of hydrogen-bond acceptors (Lipinski definition) is 4. The maximum absolute atomic E-state index is 12.4. The van der Waals surface area contributed by atoms with Gasteiger partial charge in [-0.15, -0.1) is 0 Å². The summed E-state index contributed by atoms with van der Waals surface area (Å²) in [5.74, 6) is 1.92. The molecule has 1 aromatic rings. The molecule has 2 aliphatic carbocycles. The third kappa shape index (κ3) is 4.55. The molecule has 138 valence electrons. The first kappa shape index (κ1) is 18.7. The Hall–Kier alpha value is -1.10. The molecule has 0 radical (unpaired) electrons. The van der Waals surface area contributed by atoms with Crippen LogP contribution in [0.5, 0.6) is 0 Å². The number of carbonyl (C=O) groups is 1. The molecule has 5 heteroatoms. The summed E-state index contributed by atoms with van der Waals surface area (Å²) in [5.41, 5.74) is 0.807. The number of methoxy groups -OCH3 is 1. The number of carbonyl (C=O) groups excluding carboxylic acids is 1. The number of esters is 1. The van der Waals surface area contributed by atoms with Crippen molar-refractivity contribution in [3.8, 4) is 0 Å². The Morgan fingerprint density at radius 3 is 2.72 bits per heavy atom. The molecule has 2 saturated carbocycles. The molecule has 0 amide bonds.